The van der Waals surface area contributed by atoms with Crippen LogP contribution < -0.4 is 0 Å². The summed E-state index contributed by atoms with van der Waals surface area (Å²) in [6.07, 6.45) is 5.47. The number of hydroxylamine groups is 2. The molecule has 0 aromatic rings. The average molecular weight is 293 g/mol. The van der Waals surface area contributed by atoms with Gasteiger partial charge in [-0.25, -0.2) is 4.79 Å². The largest absolute Gasteiger partial charge is 0.375 e. The quantitative estimate of drug-likeness (QED) is 0.869. The number of fused-ring (bicyclic) bond motifs is 8. The van der Waals surface area contributed by atoms with E-state index >= 15 is 0 Å². The van der Waals surface area contributed by atoms with Gasteiger partial charge in [0.2, 0.25) is 0 Å². The van der Waals surface area contributed by atoms with Crippen LogP contribution in [0.3, 0.4) is 0 Å². The van der Waals surface area contributed by atoms with Crippen molar-refractivity contribution in [2.45, 2.75) is 65.1 Å². The van der Waals surface area contributed by atoms with E-state index < -0.39 is 11.6 Å². The van der Waals surface area contributed by atoms with Crippen LogP contribution in [-0.2, 0) is 9.63 Å². The monoisotopic (exact) mass is 293 g/mol. The van der Waals surface area contributed by atoms with E-state index in [1.54, 1.807) is 5.06 Å². The van der Waals surface area contributed by atoms with Gasteiger partial charge in [-0.1, -0.05) is 13.3 Å². The van der Waals surface area contributed by atoms with E-state index in [0.29, 0.717) is 23.8 Å². The average Bonchev–Trinajstić information content (AvgIpc) is 3.13. The highest BCUT2D eigenvalue weighted by Crippen LogP contribution is 2.66. The molecule has 4 rings (SSSR count). The van der Waals surface area contributed by atoms with Crippen molar-refractivity contribution >= 4 is 5.97 Å². The fourth-order valence-electron chi connectivity index (χ4n) is 5.60. The Balaban J connectivity index is 1.49. The molecule has 1 aliphatic heterocycles. The summed E-state index contributed by atoms with van der Waals surface area (Å²) in [6, 6.07) is 0.293. The molecule has 4 aliphatic rings. The summed E-state index contributed by atoms with van der Waals surface area (Å²) in [5, 5.41) is 12.1. The van der Waals surface area contributed by atoms with Gasteiger partial charge in [-0.3, -0.25) is 0 Å². The summed E-state index contributed by atoms with van der Waals surface area (Å²) in [6.45, 7) is 5.82. The number of aliphatic hydroxyl groups excluding tert-OH is 1. The summed E-state index contributed by atoms with van der Waals surface area (Å²) in [5.74, 6) is 3.14. The van der Waals surface area contributed by atoms with Crippen molar-refractivity contribution < 1.29 is 14.7 Å². The molecule has 3 aliphatic carbocycles. The van der Waals surface area contributed by atoms with Crippen molar-refractivity contribution in [3.8, 4) is 0 Å². The van der Waals surface area contributed by atoms with Gasteiger partial charge in [0.05, 0.1) is 11.5 Å². The Morgan fingerprint density at radius 1 is 1.24 bits per heavy atom. The van der Waals surface area contributed by atoms with E-state index in [1.165, 1.54) is 25.7 Å². The highest BCUT2D eigenvalue weighted by atomic mass is 16.7. The van der Waals surface area contributed by atoms with Gasteiger partial charge >= 0.3 is 5.97 Å². The maximum absolute atomic E-state index is 12.3. The third-order valence-corrected chi connectivity index (χ3v) is 7.12. The van der Waals surface area contributed by atoms with Crippen LogP contribution in [-0.4, -0.2) is 28.4 Å². The normalized spacial score (nSPS) is 47.9. The zero-order valence-electron chi connectivity index (χ0n) is 13.3. The maximum atomic E-state index is 12.3. The minimum atomic E-state index is -0.567. The number of hydrogen-bond acceptors (Lipinski definition) is 4. The van der Waals surface area contributed by atoms with Gasteiger partial charge in [-0.2, -0.15) is 0 Å². The summed E-state index contributed by atoms with van der Waals surface area (Å²) < 4.78 is 0. The molecule has 21 heavy (non-hydrogen) atoms. The van der Waals surface area contributed by atoms with Crippen LogP contribution in [0, 0.1) is 35.0 Å². The van der Waals surface area contributed by atoms with Gasteiger partial charge in [0.1, 0.15) is 6.23 Å². The van der Waals surface area contributed by atoms with E-state index in [2.05, 4.69) is 0 Å². The first-order chi connectivity index (χ1) is 9.95. The summed E-state index contributed by atoms with van der Waals surface area (Å²) >= 11 is 0. The predicted octanol–water partition coefficient (Wildman–Crippen LogP) is 2.57. The zero-order chi connectivity index (χ0) is 14.9. The minimum Gasteiger partial charge on any atom is -0.375 e. The van der Waals surface area contributed by atoms with Crippen LogP contribution in [0.2, 0.25) is 0 Å². The molecule has 0 radical (unpaired) electrons. The highest BCUT2D eigenvalue weighted by Gasteiger charge is 2.69. The molecule has 0 amide bonds. The molecule has 7 unspecified atom stereocenters. The second kappa shape index (κ2) is 4.45. The Bertz CT molecular complexity index is 463. The lowest BCUT2D eigenvalue weighted by Crippen LogP contribution is -2.68. The lowest BCUT2D eigenvalue weighted by atomic mass is 9.68. The van der Waals surface area contributed by atoms with Crippen molar-refractivity contribution in [3.63, 3.8) is 0 Å². The number of hydrogen-bond donors (Lipinski definition) is 1. The molecule has 0 spiro atoms. The molecule has 1 heterocycles. The number of carbonyl (C=O) groups excluding carboxylic acids is 1. The van der Waals surface area contributed by atoms with Crippen molar-refractivity contribution in [3.05, 3.63) is 0 Å². The van der Waals surface area contributed by atoms with Crippen LogP contribution in [0.15, 0.2) is 0 Å². The van der Waals surface area contributed by atoms with Crippen LogP contribution in [0.25, 0.3) is 0 Å². The summed E-state index contributed by atoms with van der Waals surface area (Å²) in [4.78, 5) is 17.9. The number of carbonyl (C=O) groups is 1. The lowest BCUT2D eigenvalue weighted by Gasteiger charge is -2.55. The number of nitrogens with zero attached hydrogens (tertiary/aromatic N) is 1. The molecule has 7 atom stereocenters. The molecule has 4 nitrogen and oxygen atoms in total. The molecular weight excluding hydrogens is 266 g/mol. The standard InChI is InChI=1S/C17H27NO3/c1-4-17(2,3)16(20)21-18-14-12-8-11(13(14)15(18)19)9-6-5-7-10(9)12/h9-15,19H,4-8H2,1-3H3. The Morgan fingerprint density at radius 2 is 1.90 bits per heavy atom. The first-order valence-electron chi connectivity index (χ1n) is 8.64. The van der Waals surface area contributed by atoms with Gasteiger partial charge in [0, 0.05) is 5.92 Å². The topological polar surface area (TPSA) is 49.8 Å². The smallest absolute Gasteiger partial charge is 0.330 e. The predicted molar refractivity (Wildman–Crippen MR) is 77.7 cm³/mol. The maximum Gasteiger partial charge on any atom is 0.330 e. The Kier molecular flexibility index (Phi) is 2.97. The van der Waals surface area contributed by atoms with Crippen molar-refractivity contribution in [1.29, 1.82) is 0 Å². The van der Waals surface area contributed by atoms with Crippen molar-refractivity contribution in [2.24, 2.45) is 35.0 Å². The molecule has 2 bridgehead atoms. The van der Waals surface area contributed by atoms with E-state index in [1.807, 2.05) is 20.8 Å². The fraction of sp³-hybridized carbons (Fsp3) is 0.941. The third-order valence-electron chi connectivity index (χ3n) is 7.12. The summed E-state index contributed by atoms with van der Waals surface area (Å²) in [7, 11) is 0. The van der Waals surface area contributed by atoms with Crippen LogP contribution >= 0.6 is 0 Å². The van der Waals surface area contributed by atoms with Gasteiger partial charge in [-0.15, -0.1) is 5.06 Å². The molecule has 0 aromatic heterocycles. The van der Waals surface area contributed by atoms with E-state index in [-0.39, 0.29) is 5.97 Å². The second-order valence-electron chi connectivity index (χ2n) is 8.28. The Hall–Kier alpha value is -0.610. The minimum absolute atomic E-state index is 0.201. The zero-order valence-corrected chi connectivity index (χ0v) is 13.3. The SMILES string of the molecule is CCC(C)(C)C(=O)ON1C(O)C2C3CC(C4CCCC43)C21. The van der Waals surface area contributed by atoms with Crippen LogP contribution in [0.1, 0.15) is 52.9 Å². The van der Waals surface area contributed by atoms with Crippen LogP contribution in [0.5, 0.6) is 0 Å². The number of rotatable bonds is 3. The van der Waals surface area contributed by atoms with Crippen molar-refractivity contribution in [1.82, 2.24) is 5.06 Å². The van der Waals surface area contributed by atoms with Gasteiger partial charge < -0.3 is 9.94 Å². The third kappa shape index (κ3) is 1.72. The Morgan fingerprint density at radius 3 is 2.57 bits per heavy atom. The summed E-state index contributed by atoms with van der Waals surface area (Å²) in [5.41, 5.74) is -0.474. The highest BCUT2D eigenvalue weighted by molar-refractivity contribution is 5.75. The lowest BCUT2D eigenvalue weighted by molar-refractivity contribution is -0.348. The van der Waals surface area contributed by atoms with Gasteiger partial charge in [0.15, 0.2) is 0 Å². The van der Waals surface area contributed by atoms with E-state index in [9.17, 15) is 9.90 Å². The van der Waals surface area contributed by atoms with Gasteiger partial charge in [0.25, 0.3) is 0 Å². The first kappa shape index (κ1) is 14.0. The molecule has 118 valence electrons. The van der Waals surface area contributed by atoms with Gasteiger partial charge in [-0.05, 0) is 63.2 Å². The first-order valence-corrected chi connectivity index (χ1v) is 8.64. The van der Waals surface area contributed by atoms with E-state index in [0.717, 1.165) is 18.3 Å². The number of aliphatic hydroxyl groups is 1. The fourth-order valence-corrected chi connectivity index (χ4v) is 5.60. The molecule has 3 saturated carbocycles. The van der Waals surface area contributed by atoms with Crippen LogP contribution in [0.4, 0.5) is 0 Å². The second-order valence-corrected chi connectivity index (χ2v) is 8.28. The molecule has 4 heteroatoms. The van der Waals surface area contributed by atoms with Crippen molar-refractivity contribution in [2.75, 3.05) is 0 Å². The molecule has 0 aromatic carbocycles. The molecular formula is C17H27NO3. The molecule has 1 N–H and O–H groups in total. The molecule has 1 saturated heterocycles. The Labute approximate surface area is 126 Å². The molecule has 4 fully saturated rings. The van der Waals surface area contributed by atoms with E-state index in [4.69, 9.17) is 4.84 Å².